The summed E-state index contributed by atoms with van der Waals surface area (Å²) >= 11 is 7.70. The van der Waals surface area contributed by atoms with Crippen LogP contribution in [-0.2, 0) is 12.7 Å². The summed E-state index contributed by atoms with van der Waals surface area (Å²) in [6.45, 7) is 4.19. The maximum absolute atomic E-state index is 12.7. The van der Waals surface area contributed by atoms with Crippen LogP contribution in [0.25, 0.3) is 10.6 Å². The number of nitrogens with one attached hydrogen (secondary N) is 1. The molecule has 2 heterocycles. The second-order valence-electron chi connectivity index (χ2n) is 6.22. The summed E-state index contributed by atoms with van der Waals surface area (Å²) in [6.07, 6.45) is -1.64. The number of alkyl halides is 3. The van der Waals surface area contributed by atoms with E-state index in [0.717, 1.165) is 27.7 Å². The highest BCUT2D eigenvalue weighted by Crippen LogP contribution is 2.33. The molecule has 4 nitrogen and oxygen atoms in total. The molecule has 0 radical (unpaired) electrons. The summed E-state index contributed by atoms with van der Waals surface area (Å²) in [5.74, 6) is 0.608. The van der Waals surface area contributed by atoms with Gasteiger partial charge in [-0.05, 0) is 44.2 Å². The number of rotatable bonds is 6. The summed E-state index contributed by atoms with van der Waals surface area (Å²) in [5.41, 5.74) is 0.261. The lowest BCUT2D eigenvalue weighted by atomic mass is 10.2. The summed E-state index contributed by atoms with van der Waals surface area (Å²) < 4.78 is 43.8. The number of aromatic nitrogens is 2. The van der Waals surface area contributed by atoms with Crippen molar-refractivity contribution in [2.45, 2.75) is 32.7 Å². The van der Waals surface area contributed by atoms with E-state index in [2.05, 4.69) is 15.3 Å². The van der Waals surface area contributed by atoms with Crippen molar-refractivity contribution < 1.29 is 17.9 Å². The molecule has 0 saturated heterocycles. The van der Waals surface area contributed by atoms with Gasteiger partial charge < -0.3 is 10.1 Å². The Morgan fingerprint density at radius 1 is 1.18 bits per heavy atom. The third-order valence-electron chi connectivity index (χ3n) is 3.61. The van der Waals surface area contributed by atoms with Crippen molar-refractivity contribution in [2.75, 3.05) is 5.32 Å². The fourth-order valence-corrected chi connectivity index (χ4v) is 3.46. The molecular weight excluding hydrogens is 411 g/mol. The number of thiazole rings is 1. The molecule has 1 aromatic carbocycles. The van der Waals surface area contributed by atoms with Gasteiger partial charge in [0.05, 0.1) is 17.7 Å². The number of halogens is 4. The highest BCUT2D eigenvalue weighted by atomic mass is 35.5. The number of nitrogens with zero attached hydrogens (tertiary/aromatic N) is 2. The molecule has 3 aromatic rings. The maximum Gasteiger partial charge on any atom is 0.433 e. The van der Waals surface area contributed by atoms with Crippen LogP contribution in [0.2, 0.25) is 5.02 Å². The van der Waals surface area contributed by atoms with Gasteiger partial charge in [0.2, 0.25) is 0 Å². The Labute approximate surface area is 169 Å². The fourth-order valence-electron chi connectivity index (χ4n) is 2.39. The van der Waals surface area contributed by atoms with Crippen LogP contribution in [0.4, 0.5) is 18.9 Å². The second-order valence-corrected chi connectivity index (χ2v) is 7.75. The van der Waals surface area contributed by atoms with Gasteiger partial charge in [-0.1, -0.05) is 11.6 Å². The molecular formula is C19H17ClF3N3OS. The van der Waals surface area contributed by atoms with E-state index in [1.807, 2.05) is 19.9 Å². The van der Waals surface area contributed by atoms with Crippen molar-refractivity contribution in [2.24, 2.45) is 0 Å². The number of anilines is 1. The molecule has 0 aliphatic carbocycles. The van der Waals surface area contributed by atoms with Crippen molar-refractivity contribution in [3.63, 3.8) is 0 Å². The smallest absolute Gasteiger partial charge is 0.433 e. The first-order valence-electron chi connectivity index (χ1n) is 8.41. The van der Waals surface area contributed by atoms with E-state index in [4.69, 9.17) is 16.3 Å². The van der Waals surface area contributed by atoms with Crippen LogP contribution in [0.5, 0.6) is 5.75 Å². The molecule has 0 fully saturated rings. The predicted molar refractivity (Wildman–Crippen MR) is 105 cm³/mol. The molecule has 3 rings (SSSR count). The van der Waals surface area contributed by atoms with Gasteiger partial charge in [-0.3, -0.25) is 4.98 Å². The van der Waals surface area contributed by atoms with Crippen molar-refractivity contribution in [1.82, 2.24) is 9.97 Å². The van der Waals surface area contributed by atoms with E-state index in [9.17, 15) is 13.2 Å². The quantitative estimate of drug-likeness (QED) is 0.503. The zero-order valence-electron chi connectivity index (χ0n) is 15.0. The van der Waals surface area contributed by atoms with Crippen molar-refractivity contribution in [1.29, 1.82) is 0 Å². The molecule has 0 amide bonds. The molecule has 0 atom stereocenters. The number of pyridine rings is 1. The second kappa shape index (κ2) is 8.36. The number of hydrogen-bond acceptors (Lipinski definition) is 5. The minimum atomic E-state index is -4.47. The first kappa shape index (κ1) is 20.4. The van der Waals surface area contributed by atoms with E-state index in [1.54, 1.807) is 18.3 Å². The average molecular weight is 428 g/mol. The van der Waals surface area contributed by atoms with E-state index in [0.29, 0.717) is 23.0 Å². The fraction of sp³-hybridized carbons (Fsp3) is 0.263. The molecule has 0 aliphatic rings. The zero-order chi connectivity index (χ0) is 20.3. The number of hydrogen-bond donors (Lipinski definition) is 1. The molecule has 0 unspecified atom stereocenters. The molecule has 0 aliphatic heterocycles. The minimum absolute atomic E-state index is 0.0203. The van der Waals surface area contributed by atoms with Crippen LogP contribution >= 0.6 is 22.9 Å². The van der Waals surface area contributed by atoms with Gasteiger partial charge in [0, 0.05) is 28.5 Å². The standard InChI is InChI=1S/C19H17ClF3N3OS/c1-11(2)27-16-4-3-12(7-15(16)20)18-26-10-14(28-18)9-25-13-5-6-24-17(8-13)19(21,22)23/h3-8,10-11H,9H2,1-2H3,(H,24,25). The summed E-state index contributed by atoms with van der Waals surface area (Å²) in [4.78, 5) is 8.59. The Balaban J connectivity index is 1.69. The molecule has 2 aromatic heterocycles. The first-order chi connectivity index (χ1) is 13.2. The predicted octanol–water partition coefficient (Wildman–Crippen LogP) is 6.28. The van der Waals surface area contributed by atoms with Crippen molar-refractivity contribution in [3.8, 4) is 16.3 Å². The lowest BCUT2D eigenvalue weighted by Crippen LogP contribution is -2.08. The maximum atomic E-state index is 12.7. The molecule has 148 valence electrons. The monoisotopic (exact) mass is 427 g/mol. The SMILES string of the molecule is CC(C)Oc1ccc(-c2ncc(CNc3ccnc(C(F)(F)F)c3)s2)cc1Cl. The van der Waals surface area contributed by atoms with E-state index >= 15 is 0 Å². The molecule has 0 bridgehead atoms. The van der Waals surface area contributed by atoms with Crippen LogP contribution < -0.4 is 10.1 Å². The lowest BCUT2D eigenvalue weighted by Gasteiger charge is -2.11. The average Bonchev–Trinajstić information content (AvgIpc) is 3.10. The largest absolute Gasteiger partial charge is 0.489 e. The molecule has 9 heteroatoms. The third-order valence-corrected chi connectivity index (χ3v) is 4.95. The van der Waals surface area contributed by atoms with Gasteiger partial charge >= 0.3 is 6.18 Å². The lowest BCUT2D eigenvalue weighted by molar-refractivity contribution is -0.141. The normalized spacial score (nSPS) is 11.7. The van der Waals surface area contributed by atoms with Crippen LogP contribution in [0.3, 0.4) is 0 Å². The summed E-state index contributed by atoms with van der Waals surface area (Å²) in [6, 6.07) is 7.93. The molecule has 1 N–H and O–H groups in total. The van der Waals surface area contributed by atoms with Gasteiger partial charge in [-0.25, -0.2) is 4.98 Å². The molecule has 0 spiro atoms. The number of ether oxygens (including phenoxy) is 1. The van der Waals surface area contributed by atoms with Crippen LogP contribution in [0.1, 0.15) is 24.4 Å². The summed E-state index contributed by atoms with van der Waals surface area (Å²) in [7, 11) is 0. The van der Waals surface area contributed by atoms with Gasteiger partial charge in [0.25, 0.3) is 0 Å². The Morgan fingerprint density at radius 2 is 1.96 bits per heavy atom. The topological polar surface area (TPSA) is 47.0 Å². The van der Waals surface area contributed by atoms with Crippen molar-refractivity contribution >= 4 is 28.6 Å². The van der Waals surface area contributed by atoms with E-state index in [-0.39, 0.29) is 6.10 Å². The highest BCUT2D eigenvalue weighted by molar-refractivity contribution is 7.15. The molecule has 0 saturated carbocycles. The minimum Gasteiger partial charge on any atom is -0.489 e. The van der Waals surface area contributed by atoms with Gasteiger partial charge in [0.15, 0.2) is 0 Å². The van der Waals surface area contributed by atoms with Crippen LogP contribution in [-0.4, -0.2) is 16.1 Å². The molecule has 28 heavy (non-hydrogen) atoms. The Bertz CT molecular complexity index is 960. The van der Waals surface area contributed by atoms with E-state index < -0.39 is 11.9 Å². The van der Waals surface area contributed by atoms with Crippen molar-refractivity contribution in [3.05, 3.63) is 58.3 Å². The van der Waals surface area contributed by atoms with Crippen LogP contribution in [0, 0.1) is 0 Å². The van der Waals surface area contributed by atoms with E-state index in [1.165, 1.54) is 17.4 Å². The number of benzene rings is 1. The highest BCUT2D eigenvalue weighted by Gasteiger charge is 2.32. The summed E-state index contributed by atoms with van der Waals surface area (Å²) in [5, 5.41) is 4.23. The zero-order valence-corrected chi connectivity index (χ0v) is 16.6. The van der Waals surface area contributed by atoms with Crippen LogP contribution in [0.15, 0.2) is 42.7 Å². The van der Waals surface area contributed by atoms with Gasteiger partial charge in [-0.15, -0.1) is 11.3 Å². The van der Waals surface area contributed by atoms with Gasteiger partial charge in [-0.2, -0.15) is 13.2 Å². The Morgan fingerprint density at radius 3 is 2.64 bits per heavy atom. The Hall–Kier alpha value is -2.32. The third kappa shape index (κ3) is 5.14. The first-order valence-corrected chi connectivity index (χ1v) is 9.60. The van der Waals surface area contributed by atoms with Gasteiger partial charge in [0.1, 0.15) is 16.5 Å². The Kier molecular flexibility index (Phi) is 6.10.